The predicted molar refractivity (Wildman–Crippen MR) is 114 cm³/mol. The molecule has 6 heteroatoms. The van der Waals surface area contributed by atoms with E-state index < -0.39 is 0 Å². The van der Waals surface area contributed by atoms with Gasteiger partial charge in [-0.2, -0.15) is 5.10 Å². The smallest absolute Gasteiger partial charge is 0.241 e. The first-order chi connectivity index (χ1) is 14.0. The van der Waals surface area contributed by atoms with Gasteiger partial charge in [-0.1, -0.05) is 18.1 Å². The normalized spacial score (nSPS) is 21.2. The molecule has 0 bridgehead atoms. The molecule has 156 valence electrons. The number of rotatable bonds is 6. The molecular weight excluding hydrogens is 364 g/mol. The van der Waals surface area contributed by atoms with Gasteiger partial charge >= 0.3 is 0 Å². The molecule has 1 fully saturated rings. The summed E-state index contributed by atoms with van der Waals surface area (Å²) >= 11 is 0. The maximum atomic E-state index is 12.5. The van der Waals surface area contributed by atoms with E-state index >= 15 is 0 Å². The topological polar surface area (TPSA) is 59.4 Å². The maximum absolute atomic E-state index is 12.5. The molecule has 3 heterocycles. The van der Waals surface area contributed by atoms with E-state index in [0.717, 1.165) is 35.5 Å². The van der Waals surface area contributed by atoms with E-state index in [2.05, 4.69) is 42.2 Å². The van der Waals surface area contributed by atoms with Crippen LogP contribution in [0.1, 0.15) is 50.7 Å². The van der Waals surface area contributed by atoms with Crippen LogP contribution in [0.15, 0.2) is 24.4 Å². The van der Waals surface area contributed by atoms with Crippen molar-refractivity contribution in [2.75, 3.05) is 13.1 Å². The van der Waals surface area contributed by atoms with E-state index in [0.29, 0.717) is 25.2 Å². The average molecular weight is 397 g/mol. The monoisotopic (exact) mass is 396 g/mol. The first-order valence-corrected chi connectivity index (χ1v) is 10.8. The summed E-state index contributed by atoms with van der Waals surface area (Å²) in [6, 6.07) is 7.44. The van der Waals surface area contributed by atoms with Gasteiger partial charge in [0.2, 0.25) is 5.91 Å². The number of benzene rings is 1. The first kappa shape index (κ1) is 20.0. The molecule has 0 radical (unpaired) electrons. The fourth-order valence-corrected chi connectivity index (χ4v) is 4.67. The first-order valence-electron chi connectivity index (χ1n) is 10.8. The lowest BCUT2D eigenvalue weighted by Gasteiger charge is -2.39. The van der Waals surface area contributed by atoms with Gasteiger partial charge < -0.3 is 10.1 Å². The van der Waals surface area contributed by atoms with Gasteiger partial charge in [-0.3, -0.25) is 14.4 Å². The average Bonchev–Trinajstić information content (AvgIpc) is 3.10. The minimum absolute atomic E-state index is 0.0105. The van der Waals surface area contributed by atoms with Crippen LogP contribution in [-0.2, 0) is 17.9 Å². The van der Waals surface area contributed by atoms with Crippen LogP contribution in [0, 0.1) is 6.92 Å². The van der Waals surface area contributed by atoms with Crippen LogP contribution in [0.3, 0.4) is 0 Å². The van der Waals surface area contributed by atoms with Crippen LogP contribution in [0.4, 0.5) is 0 Å². The molecule has 2 atom stereocenters. The SMILES string of the molecule is Cc1ccc2c(c1)-c1c(cnn1CC(=O)NCCCN1[C@H](C)CCC[C@H]1C)CO2. The molecule has 1 aromatic heterocycles. The summed E-state index contributed by atoms with van der Waals surface area (Å²) in [5, 5.41) is 7.53. The number of hydrogen-bond acceptors (Lipinski definition) is 4. The van der Waals surface area contributed by atoms with E-state index in [1.165, 1.54) is 24.8 Å². The van der Waals surface area contributed by atoms with Crippen molar-refractivity contribution in [2.24, 2.45) is 0 Å². The quantitative estimate of drug-likeness (QED) is 0.759. The molecular formula is C23H32N4O2. The Bertz CT molecular complexity index is 866. The Balaban J connectivity index is 1.33. The minimum atomic E-state index is 0.0105. The maximum Gasteiger partial charge on any atom is 0.241 e. The molecule has 1 N–H and O–H groups in total. The molecule has 2 aliphatic heterocycles. The van der Waals surface area contributed by atoms with Crippen molar-refractivity contribution >= 4 is 5.91 Å². The molecule has 2 aromatic rings. The highest BCUT2D eigenvalue weighted by molar-refractivity contribution is 5.78. The largest absolute Gasteiger partial charge is 0.488 e. The third-order valence-corrected chi connectivity index (χ3v) is 6.27. The molecule has 6 nitrogen and oxygen atoms in total. The number of ether oxygens (including phenoxy) is 1. The van der Waals surface area contributed by atoms with E-state index in [9.17, 15) is 4.79 Å². The lowest BCUT2D eigenvalue weighted by Crippen LogP contribution is -2.44. The van der Waals surface area contributed by atoms with Gasteiger partial charge in [0.05, 0.1) is 11.9 Å². The summed E-state index contributed by atoms with van der Waals surface area (Å²) in [5.74, 6) is 0.867. The Hall–Kier alpha value is -2.34. The molecule has 1 saturated heterocycles. The molecule has 0 aliphatic carbocycles. The number of aromatic nitrogens is 2. The second-order valence-electron chi connectivity index (χ2n) is 8.53. The number of aryl methyl sites for hydroxylation is 1. The van der Waals surface area contributed by atoms with Gasteiger partial charge in [-0.15, -0.1) is 0 Å². The Morgan fingerprint density at radius 2 is 2.07 bits per heavy atom. The molecule has 2 aliphatic rings. The second-order valence-corrected chi connectivity index (χ2v) is 8.53. The highest BCUT2D eigenvalue weighted by Crippen LogP contribution is 2.37. The summed E-state index contributed by atoms with van der Waals surface area (Å²) in [7, 11) is 0. The molecule has 0 saturated carbocycles. The van der Waals surface area contributed by atoms with Crippen molar-refractivity contribution in [1.82, 2.24) is 20.0 Å². The van der Waals surface area contributed by atoms with Gasteiger partial charge in [0.1, 0.15) is 18.9 Å². The van der Waals surface area contributed by atoms with Crippen LogP contribution in [0.2, 0.25) is 0 Å². The number of fused-ring (bicyclic) bond motifs is 3. The second kappa shape index (κ2) is 8.57. The van der Waals surface area contributed by atoms with E-state index in [4.69, 9.17) is 4.74 Å². The number of carbonyl (C=O) groups excluding carboxylic acids is 1. The van der Waals surface area contributed by atoms with Crippen LogP contribution in [0.5, 0.6) is 5.75 Å². The summed E-state index contributed by atoms with van der Waals surface area (Å²) in [4.78, 5) is 15.1. The molecule has 4 rings (SSSR count). The number of likely N-dealkylation sites (tertiary alicyclic amines) is 1. The fraction of sp³-hybridized carbons (Fsp3) is 0.565. The highest BCUT2D eigenvalue weighted by atomic mass is 16.5. The highest BCUT2D eigenvalue weighted by Gasteiger charge is 2.25. The summed E-state index contributed by atoms with van der Waals surface area (Å²) < 4.78 is 7.62. The lowest BCUT2D eigenvalue weighted by atomic mass is 9.97. The standard InChI is InChI=1S/C23H32N4O2/c1-16-8-9-21-20(12-16)23-19(15-29-21)13-25-27(23)14-22(28)24-10-5-11-26-17(2)6-4-7-18(26)3/h8-9,12-13,17-18H,4-7,10-11,14-15H2,1-3H3,(H,24,28)/t17-,18-/m1/s1. The van der Waals surface area contributed by atoms with Crippen molar-refractivity contribution in [3.05, 3.63) is 35.5 Å². The number of carbonyl (C=O) groups is 1. The van der Waals surface area contributed by atoms with Crippen LogP contribution < -0.4 is 10.1 Å². The number of amides is 1. The molecule has 1 amide bonds. The zero-order valence-corrected chi connectivity index (χ0v) is 17.8. The third kappa shape index (κ3) is 4.32. The van der Waals surface area contributed by atoms with Gasteiger partial charge in [-0.25, -0.2) is 0 Å². The summed E-state index contributed by atoms with van der Waals surface area (Å²) in [5.41, 5.74) is 4.22. The van der Waals surface area contributed by atoms with Crippen LogP contribution in [-0.4, -0.2) is 45.8 Å². The molecule has 0 spiro atoms. The van der Waals surface area contributed by atoms with E-state index in [-0.39, 0.29) is 12.5 Å². The van der Waals surface area contributed by atoms with Crippen molar-refractivity contribution in [1.29, 1.82) is 0 Å². The van der Waals surface area contributed by atoms with Crippen LogP contribution in [0.25, 0.3) is 11.3 Å². The Labute approximate surface area is 173 Å². The van der Waals surface area contributed by atoms with Gasteiger partial charge in [0, 0.05) is 36.3 Å². The zero-order valence-electron chi connectivity index (χ0n) is 17.8. The minimum Gasteiger partial charge on any atom is -0.488 e. The Kier molecular flexibility index (Phi) is 5.90. The third-order valence-electron chi connectivity index (χ3n) is 6.27. The van der Waals surface area contributed by atoms with E-state index in [1.54, 1.807) is 4.68 Å². The summed E-state index contributed by atoms with van der Waals surface area (Å²) in [6.07, 6.45) is 6.69. The van der Waals surface area contributed by atoms with Gasteiger partial charge in [0.25, 0.3) is 0 Å². The molecule has 29 heavy (non-hydrogen) atoms. The van der Waals surface area contributed by atoms with Crippen molar-refractivity contribution in [3.63, 3.8) is 0 Å². The Morgan fingerprint density at radius 3 is 2.86 bits per heavy atom. The number of piperidine rings is 1. The molecule has 0 unspecified atom stereocenters. The van der Waals surface area contributed by atoms with Crippen LogP contribution >= 0.6 is 0 Å². The number of hydrogen-bond donors (Lipinski definition) is 1. The van der Waals surface area contributed by atoms with Gasteiger partial charge in [0.15, 0.2) is 0 Å². The zero-order chi connectivity index (χ0) is 20.4. The van der Waals surface area contributed by atoms with E-state index in [1.807, 2.05) is 18.3 Å². The lowest BCUT2D eigenvalue weighted by molar-refractivity contribution is -0.121. The summed E-state index contributed by atoms with van der Waals surface area (Å²) in [6.45, 7) is 9.18. The predicted octanol–water partition coefficient (Wildman–Crippen LogP) is 3.52. The number of nitrogens with one attached hydrogen (secondary N) is 1. The van der Waals surface area contributed by atoms with Crippen molar-refractivity contribution in [2.45, 2.75) is 71.7 Å². The fourth-order valence-electron chi connectivity index (χ4n) is 4.67. The van der Waals surface area contributed by atoms with Crippen molar-refractivity contribution in [3.8, 4) is 17.0 Å². The van der Waals surface area contributed by atoms with Gasteiger partial charge in [-0.05, 0) is 52.2 Å². The number of nitrogens with zero attached hydrogens (tertiary/aromatic N) is 3. The Morgan fingerprint density at radius 1 is 1.28 bits per heavy atom. The molecule has 1 aromatic carbocycles. The van der Waals surface area contributed by atoms with Crippen molar-refractivity contribution < 1.29 is 9.53 Å².